The van der Waals surface area contributed by atoms with Crippen molar-refractivity contribution in [3.05, 3.63) is 30.1 Å². The van der Waals surface area contributed by atoms with Gasteiger partial charge in [0.05, 0.1) is 24.6 Å². The molecule has 3 heterocycles. The molecule has 0 saturated carbocycles. The summed E-state index contributed by atoms with van der Waals surface area (Å²) in [7, 11) is 5.85. The van der Waals surface area contributed by atoms with Gasteiger partial charge in [-0.25, -0.2) is 14.6 Å². The molecule has 1 saturated heterocycles. The first-order chi connectivity index (χ1) is 15.0. The van der Waals surface area contributed by atoms with Gasteiger partial charge in [-0.05, 0) is 52.2 Å². The van der Waals surface area contributed by atoms with E-state index in [4.69, 9.17) is 15.6 Å². The van der Waals surface area contributed by atoms with Gasteiger partial charge in [0.2, 0.25) is 0 Å². The van der Waals surface area contributed by atoms with Gasteiger partial charge in [-0.1, -0.05) is 6.07 Å². The third kappa shape index (κ3) is 4.17. The highest BCUT2D eigenvalue weighted by molar-refractivity contribution is 5.98. The highest BCUT2D eigenvalue weighted by atomic mass is 16.5. The van der Waals surface area contributed by atoms with Crippen molar-refractivity contribution < 1.29 is 4.74 Å². The number of anilines is 1. The fraction of sp³-hybridized carbons (Fsp3) is 0.455. The second-order valence-corrected chi connectivity index (χ2v) is 8.09. The van der Waals surface area contributed by atoms with Crippen molar-refractivity contribution in [2.75, 3.05) is 46.6 Å². The number of benzene rings is 1. The Bertz CT molecular complexity index is 1110. The molecule has 0 aliphatic carbocycles. The summed E-state index contributed by atoms with van der Waals surface area (Å²) < 4.78 is 7.28. The maximum atomic E-state index is 9.27. The van der Waals surface area contributed by atoms with Crippen LogP contribution in [0.4, 0.5) is 5.82 Å². The Kier molecular flexibility index (Phi) is 6.02. The van der Waals surface area contributed by atoms with Crippen LogP contribution < -0.4 is 10.5 Å². The van der Waals surface area contributed by atoms with Crippen molar-refractivity contribution in [2.45, 2.75) is 25.4 Å². The summed E-state index contributed by atoms with van der Waals surface area (Å²) >= 11 is 0. The maximum Gasteiger partial charge on any atom is 0.164 e. The average molecular weight is 421 g/mol. The lowest BCUT2D eigenvalue weighted by Crippen LogP contribution is -2.42. The second-order valence-electron chi connectivity index (χ2n) is 8.09. The van der Waals surface area contributed by atoms with Crippen LogP contribution in [0.2, 0.25) is 0 Å². The highest BCUT2D eigenvalue weighted by Crippen LogP contribution is 2.33. The van der Waals surface area contributed by atoms with Gasteiger partial charge in [-0.3, -0.25) is 0 Å². The summed E-state index contributed by atoms with van der Waals surface area (Å²) in [6.07, 6.45) is 3.83. The van der Waals surface area contributed by atoms with E-state index in [1.807, 2.05) is 16.8 Å². The molecule has 4 rings (SSSR count). The van der Waals surface area contributed by atoms with E-state index in [1.165, 1.54) is 19.2 Å². The molecule has 0 bridgehead atoms. The number of methoxy groups -OCH3 is 1. The molecular formula is C22H28N8O. The standard InChI is InChI=1S/C22H28N8O/c1-28(2)17-6-8-29(9-7-17)10-11-30-22-19(21(24)25-14-26-22)20(27-30)15-4-5-16(13-23)18(12-15)31-3/h4-5,12,14,17H,6-11H2,1-3H3,(H2,24,25,26). The molecule has 3 aromatic rings. The van der Waals surface area contributed by atoms with Crippen LogP contribution in [0.25, 0.3) is 22.3 Å². The summed E-state index contributed by atoms with van der Waals surface area (Å²) in [5.41, 5.74) is 8.91. The summed E-state index contributed by atoms with van der Waals surface area (Å²) in [4.78, 5) is 13.4. The summed E-state index contributed by atoms with van der Waals surface area (Å²) in [6.45, 7) is 3.78. The van der Waals surface area contributed by atoms with Crippen molar-refractivity contribution in [3.63, 3.8) is 0 Å². The van der Waals surface area contributed by atoms with Gasteiger partial charge < -0.3 is 20.3 Å². The summed E-state index contributed by atoms with van der Waals surface area (Å²) in [6, 6.07) is 8.19. The number of likely N-dealkylation sites (tertiary alicyclic amines) is 1. The van der Waals surface area contributed by atoms with Crippen LogP contribution in [0.5, 0.6) is 5.75 Å². The van der Waals surface area contributed by atoms with Crippen LogP contribution >= 0.6 is 0 Å². The Balaban J connectivity index is 1.62. The van der Waals surface area contributed by atoms with E-state index >= 15 is 0 Å². The van der Waals surface area contributed by atoms with Gasteiger partial charge >= 0.3 is 0 Å². The summed E-state index contributed by atoms with van der Waals surface area (Å²) in [5.74, 6) is 0.892. The highest BCUT2D eigenvalue weighted by Gasteiger charge is 2.22. The number of hydrogen-bond donors (Lipinski definition) is 1. The predicted molar refractivity (Wildman–Crippen MR) is 120 cm³/mol. The van der Waals surface area contributed by atoms with Crippen molar-refractivity contribution in [3.8, 4) is 23.1 Å². The van der Waals surface area contributed by atoms with Crippen LogP contribution in [0.3, 0.4) is 0 Å². The number of nitriles is 1. The number of aromatic nitrogens is 4. The lowest BCUT2D eigenvalue weighted by atomic mass is 10.0. The Morgan fingerprint density at radius 1 is 1.23 bits per heavy atom. The monoisotopic (exact) mass is 420 g/mol. The normalized spacial score (nSPS) is 15.5. The molecule has 162 valence electrons. The molecule has 0 radical (unpaired) electrons. The molecule has 0 amide bonds. The molecule has 1 aliphatic rings. The molecule has 9 nitrogen and oxygen atoms in total. The van der Waals surface area contributed by atoms with Crippen molar-refractivity contribution in [1.29, 1.82) is 5.26 Å². The Morgan fingerprint density at radius 2 is 2.00 bits per heavy atom. The van der Waals surface area contributed by atoms with E-state index in [2.05, 4.69) is 39.9 Å². The van der Waals surface area contributed by atoms with E-state index < -0.39 is 0 Å². The van der Waals surface area contributed by atoms with Crippen LogP contribution in [-0.2, 0) is 6.54 Å². The third-order valence-corrected chi connectivity index (χ3v) is 6.07. The lowest BCUT2D eigenvalue weighted by Gasteiger charge is -2.35. The lowest BCUT2D eigenvalue weighted by molar-refractivity contribution is 0.141. The van der Waals surface area contributed by atoms with Gasteiger partial charge in [0.15, 0.2) is 5.65 Å². The molecule has 2 aromatic heterocycles. The SMILES string of the molecule is COc1cc(-c2nn(CCN3CCC(N(C)C)CC3)c3ncnc(N)c23)ccc1C#N. The number of nitrogens with two attached hydrogens (primary N) is 1. The molecule has 1 aliphatic heterocycles. The largest absolute Gasteiger partial charge is 0.495 e. The first-order valence-corrected chi connectivity index (χ1v) is 10.5. The van der Waals surface area contributed by atoms with Gasteiger partial charge in [-0.15, -0.1) is 0 Å². The number of nitrogen functional groups attached to an aromatic ring is 1. The first-order valence-electron chi connectivity index (χ1n) is 10.5. The zero-order valence-electron chi connectivity index (χ0n) is 18.2. The maximum absolute atomic E-state index is 9.27. The minimum Gasteiger partial charge on any atom is -0.495 e. The zero-order chi connectivity index (χ0) is 22.0. The molecule has 0 unspecified atom stereocenters. The molecule has 0 atom stereocenters. The predicted octanol–water partition coefficient (Wildman–Crippen LogP) is 1.98. The molecule has 31 heavy (non-hydrogen) atoms. The van der Waals surface area contributed by atoms with Crippen molar-refractivity contribution in [1.82, 2.24) is 29.5 Å². The van der Waals surface area contributed by atoms with Crippen molar-refractivity contribution in [2.24, 2.45) is 0 Å². The minimum absolute atomic E-state index is 0.390. The Morgan fingerprint density at radius 3 is 2.68 bits per heavy atom. The fourth-order valence-electron chi connectivity index (χ4n) is 4.21. The molecule has 9 heteroatoms. The summed E-state index contributed by atoms with van der Waals surface area (Å²) in [5, 5.41) is 14.8. The van der Waals surface area contributed by atoms with E-state index in [9.17, 15) is 5.26 Å². The number of rotatable bonds is 6. The third-order valence-electron chi connectivity index (χ3n) is 6.07. The van der Waals surface area contributed by atoms with Crippen LogP contribution in [-0.4, -0.2) is 76.4 Å². The fourth-order valence-corrected chi connectivity index (χ4v) is 4.21. The topological polar surface area (TPSA) is 109 Å². The number of hydrogen-bond acceptors (Lipinski definition) is 8. The number of fused-ring (bicyclic) bond motifs is 1. The molecular weight excluding hydrogens is 392 g/mol. The number of nitrogens with zero attached hydrogens (tertiary/aromatic N) is 7. The van der Waals surface area contributed by atoms with E-state index in [0.29, 0.717) is 41.1 Å². The van der Waals surface area contributed by atoms with Crippen LogP contribution in [0.15, 0.2) is 24.5 Å². The van der Waals surface area contributed by atoms with Gasteiger partial charge in [0.25, 0.3) is 0 Å². The van der Waals surface area contributed by atoms with Gasteiger partial charge in [-0.2, -0.15) is 10.4 Å². The van der Waals surface area contributed by atoms with E-state index in [1.54, 1.807) is 13.2 Å². The molecule has 1 aromatic carbocycles. The van der Waals surface area contributed by atoms with Crippen LogP contribution in [0.1, 0.15) is 18.4 Å². The molecule has 1 fully saturated rings. The molecule has 0 spiro atoms. The van der Waals surface area contributed by atoms with Gasteiger partial charge in [0, 0.05) is 18.2 Å². The van der Waals surface area contributed by atoms with Gasteiger partial charge in [0.1, 0.15) is 29.7 Å². The first kappa shape index (κ1) is 21.0. The van der Waals surface area contributed by atoms with E-state index in [0.717, 1.165) is 30.6 Å². The van der Waals surface area contributed by atoms with Crippen LogP contribution in [0, 0.1) is 11.3 Å². The Labute approximate surface area is 182 Å². The van der Waals surface area contributed by atoms with Crippen molar-refractivity contribution >= 4 is 16.9 Å². The average Bonchev–Trinajstić information content (AvgIpc) is 3.17. The van der Waals surface area contributed by atoms with E-state index in [-0.39, 0.29) is 0 Å². The quantitative estimate of drug-likeness (QED) is 0.645. The smallest absolute Gasteiger partial charge is 0.164 e. The Hall–Kier alpha value is -3.22. The number of ether oxygens (including phenoxy) is 1. The number of piperidine rings is 1. The minimum atomic E-state index is 0.390. The molecule has 2 N–H and O–H groups in total. The zero-order valence-corrected chi connectivity index (χ0v) is 18.2. The second kappa shape index (κ2) is 8.88.